The fourth-order valence-corrected chi connectivity index (χ4v) is 4.22. The van der Waals surface area contributed by atoms with Gasteiger partial charge in [-0.25, -0.2) is 0 Å². The molecular formula is C24H32N4O. The lowest BCUT2D eigenvalue weighted by Crippen LogP contribution is -2.43. The van der Waals surface area contributed by atoms with E-state index in [1.165, 1.54) is 24.1 Å². The number of piperazine rings is 1. The van der Waals surface area contributed by atoms with Crippen LogP contribution in [0.5, 0.6) is 0 Å². The van der Waals surface area contributed by atoms with Gasteiger partial charge in [-0.2, -0.15) is 0 Å². The van der Waals surface area contributed by atoms with Gasteiger partial charge in [0.2, 0.25) is 5.91 Å². The van der Waals surface area contributed by atoms with Gasteiger partial charge in [-0.3, -0.25) is 4.79 Å². The van der Waals surface area contributed by atoms with Crippen LogP contribution in [0, 0.1) is 5.41 Å². The average Bonchev–Trinajstić information content (AvgIpc) is 3.50. The molecule has 1 saturated carbocycles. The third kappa shape index (κ3) is 4.80. The molecule has 1 amide bonds. The fourth-order valence-electron chi connectivity index (χ4n) is 4.22. The van der Waals surface area contributed by atoms with E-state index < -0.39 is 0 Å². The van der Waals surface area contributed by atoms with Crippen LogP contribution in [0.1, 0.15) is 37.7 Å². The Balaban J connectivity index is 1.55. The molecular weight excluding hydrogens is 360 g/mol. The van der Waals surface area contributed by atoms with Crippen molar-refractivity contribution in [2.75, 3.05) is 37.7 Å². The number of anilines is 1. The van der Waals surface area contributed by atoms with Crippen molar-refractivity contribution in [2.24, 2.45) is 11.1 Å². The van der Waals surface area contributed by atoms with Crippen molar-refractivity contribution in [3.63, 3.8) is 0 Å². The topological polar surface area (TPSA) is 70.4 Å². The zero-order valence-electron chi connectivity index (χ0n) is 17.3. The number of hydrogen-bond donors (Lipinski definition) is 3. The molecule has 0 bridgehead atoms. The van der Waals surface area contributed by atoms with Crippen molar-refractivity contribution in [3.05, 3.63) is 54.1 Å². The molecule has 1 aliphatic heterocycles. The summed E-state index contributed by atoms with van der Waals surface area (Å²) in [6.07, 6.45) is 3.28. The highest BCUT2D eigenvalue weighted by molar-refractivity contribution is 5.84. The second kappa shape index (κ2) is 8.56. The number of benzene rings is 2. The molecule has 4 rings (SSSR count). The highest BCUT2D eigenvalue weighted by Crippen LogP contribution is 2.51. The third-order valence-electron chi connectivity index (χ3n) is 6.37. The van der Waals surface area contributed by atoms with Crippen LogP contribution in [0.15, 0.2) is 48.5 Å². The van der Waals surface area contributed by atoms with E-state index in [2.05, 4.69) is 71.0 Å². The van der Waals surface area contributed by atoms with Crippen LogP contribution in [0.3, 0.4) is 0 Å². The number of carbonyl (C=O) groups excluding carboxylic acids is 1. The minimum Gasteiger partial charge on any atom is -0.369 e. The van der Waals surface area contributed by atoms with E-state index in [0.717, 1.165) is 43.7 Å². The van der Waals surface area contributed by atoms with Crippen molar-refractivity contribution in [3.8, 4) is 11.1 Å². The van der Waals surface area contributed by atoms with Gasteiger partial charge in [0, 0.05) is 31.9 Å². The van der Waals surface area contributed by atoms with Crippen LogP contribution in [-0.2, 0) is 4.79 Å². The Labute approximate surface area is 173 Å². The number of amides is 1. The number of nitrogens with one attached hydrogen (secondary N) is 2. The number of carbonyl (C=O) groups is 1. The molecule has 1 saturated heterocycles. The standard InChI is InChI=1S/C24H32N4O/c1-24(9-10-24)16-22(23(29)27-17-25)20-4-2-3-19(15-20)18-5-7-21(8-6-18)28-13-11-26-12-14-28/h2-8,15,22,26H,9-14,16-17,25H2,1H3,(H,27,29). The average molecular weight is 393 g/mol. The van der Waals surface area contributed by atoms with Gasteiger partial charge < -0.3 is 21.3 Å². The lowest BCUT2D eigenvalue weighted by molar-refractivity contribution is -0.123. The highest BCUT2D eigenvalue weighted by Gasteiger charge is 2.41. The third-order valence-corrected chi connectivity index (χ3v) is 6.37. The Bertz CT molecular complexity index is 838. The minimum absolute atomic E-state index is 0.0341. The van der Waals surface area contributed by atoms with Crippen LogP contribution >= 0.6 is 0 Å². The second-order valence-corrected chi connectivity index (χ2v) is 8.72. The first-order chi connectivity index (χ1) is 14.1. The van der Waals surface area contributed by atoms with E-state index in [-0.39, 0.29) is 23.9 Å². The van der Waals surface area contributed by atoms with Crippen LogP contribution in [0.2, 0.25) is 0 Å². The molecule has 4 N–H and O–H groups in total. The SMILES string of the molecule is CC1(CC(C(=O)NCN)c2cccc(-c3ccc(N4CCNCC4)cc3)c2)CC1. The predicted molar refractivity (Wildman–Crippen MR) is 119 cm³/mol. The first-order valence-electron chi connectivity index (χ1n) is 10.7. The lowest BCUT2D eigenvalue weighted by Gasteiger charge is -2.29. The molecule has 1 aliphatic carbocycles. The summed E-state index contributed by atoms with van der Waals surface area (Å²) in [6.45, 7) is 6.62. The van der Waals surface area contributed by atoms with Crippen LogP contribution < -0.4 is 21.3 Å². The van der Waals surface area contributed by atoms with Gasteiger partial charge in [-0.05, 0) is 53.5 Å². The Morgan fingerprint density at radius 1 is 1.14 bits per heavy atom. The molecule has 2 aromatic rings. The first kappa shape index (κ1) is 19.9. The van der Waals surface area contributed by atoms with Crippen LogP contribution in [0.25, 0.3) is 11.1 Å². The molecule has 154 valence electrons. The number of nitrogens with zero attached hydrogens (tertiary/aromatic N) is 1. The van der Waals surface area contributed by atoms with E-state index in [1.807, 2.05) is 0 Å². The van der Waals surface area contributed by atoms with Gasteiger partial charge in [0.15, 0.2) is 0 Å². The summed E-state index contributed by atoms with van der Waals surface area (Å²) in [6, 6.07) is 17.2. The summed E-state index contributed by atoms with van der Waals surface area (Å²) in [5, 5.41) is 6.22. The number of hydrogen-bond acceptors (Lipinski definition) is 4. The van der Waals surface area contributed by atoms with Gasteiger partial charge in [-0.1, -0.05) is 43.3 Å². The summed E-state index contributed by atoms with van der Waals surface area (Å²) >= 11 is 0. The smallest absolute Gasteiger partial charge is 0.228 e. The van der Waals surface area contributed by atoms with Crippen molar-refractivity contribution in [2.45, 2.75) is 32.1 Å². The molecule has 0 radical (unpaired) electrons. The Morgan fingerprint density at radius 2 is 1.86 bits per heavy atom. The molecule has 0 aromatic heterocycles. The Kier molecular flexibility index (Phi) is 5.88. The minimum atomic E-state index is -0.147. The van der Waals surface area contributed by atoms with Crippen molar-refractivity contribution < 1.29 is 4.79 Å². The fraction of sp³-hybridized carbons (Fsp3) is 0.458. The molecule has 2 aliphatic rings. The van der Waals surface area contributed by atoms with Gasteiger partial charge >= 0.3 is 0 Å². The van der Waals surface area contributed by atoms with E-state index in [9.17, 15) is 4.79 Å². The monoisotopic (exact) mass is 392 g/mol. The molecule has 0 spiro atoms. The predicted octanol–water partition coefficient (Wildman–Crippen LogP) is 3.07. The van der Waals surface area contributed by atoms with Crippen LogP contribution in [0.4, 0.5) is 5.69 Å². The lowest BCUT2D eigenvalue weighted by atomic mass is 9.86. The molecule has 1 heterocycles. The van der Waals surface area contributed by atoms with Crippen molar-refractivity contribution in [1.82, 2.24) is 10.6 Å². The molecule has 2 aromatic carbocycles. The highest BCUT2D eigenvalue weighted by atomic mass is 16.1. The maximum atomic E-state index is 12.7. The second-order valence-electron chi connectivity index (χ2n) is 8.72. The van der Waals surface area contributed by atoms with Crippen molar-refractivity contribution >= 4 is 11.6 Å². The first-order valence-corrected chi connectivity index (χ1v) is 10.7. The molecule has 5 heteroatoms. The molecule has 1 atom stereocenters. The Hall–Kier alpha value is -2.37. The largest absolute Gasteiger partial charge is 0.369 e. The molecule has 1 unspecified atom stereocenters. The normalized spacial score (nSPS) is 18.9. The number of rotatable bonds is 7. The summed E-state index contributed by atoms with van der Waals surface area (Å²) in [4.78, 5) is 15.1. The zero-order valence-corrected chi connectivity index (χ0v) is 17.3. The number of nitrogens with two attached hydrogens (primary N) is 1. The molecule has 29 heavy (non-hydrogen) atoms. The maximum absolute atomic E-state index is 12.7. The van der Waals surface area contributed by atoms with E-state index in [0.29, 0.717) is 0 Å². The summed E-state index contributed by atoms with van der Waals surface area (Å²) < 4.78 is 0. The summed E-state index contributed by atoms with van der Waals surface area (Å²) in [5.74, 6) is -0.113. The van der Waals surface area contributed by atoms with Gasteiger partial charge in [0.05, 0.1) is 12.6 Å². The van der Waals surface area contributed by atoms with E-state index >= 15 is 0 Å². The molecule has 5 nitrogen and oxygen atoms in total. The van der Waals surface area contributed by atoms with Gasteiger partial charge in [-0.15, -0.1) is 0 Å². The summed E-state index contributed by atoms with van der Waals surface area (Å²) in [7, 11) is 0. The summed E-state index contributed by atoms with van der Waals surface area (Å²) in [5.41, 5.74) is 10.6. The Morgan fingerprint density at radius 3 is 2.52 bits per heavy atom. The van der Waals surface area contributed by atoms with Crippen molar-refractivity contribution in [1.29, 1.82) is 0 Å². The maximum Gasteiger partial charge on any atom is 0.228 e. The quantitative estimate of drug-likeness (QED) is 0.634. The zero-order chi connectivity index (χ0) is 20.3. The van der Waals surface area contributed by atoms with E-state index in [1.54, 1.807) is 0 Å². The van der Waals surface area contributed by atoms with E-state index in [4.69, 9.17) is 5.73 Å². The van der Waals surface area contributed by atoms with Crippen LogP contribution in [-0.4, -0.2) is 38.8 Å². The van der Waals surface area contributed by atoms with Gasteiger partial charge in [0.25, 0.3) is 0 Å². The van der Waals surface area contributed by atoms with Gasteiger partial charge in [0.1, 0.15) is 0 Å². The molecule has 2 fully saturated rings.